The predicted molar refractivity (Wildman–Crippen MR) is 139 cm³/mol. The Morgan fingerprint density at radius 1 is 0.974 bits per heavy atom. The highest BCUT2D eigenvalue weighted by atomic mass is 19.4. The maximum absolute atomic E-state index is 13.2. The number of amides is 2. The summed E-state index contributed by atoms with van der Waals surface area (Å²) in [7, 11) is 0. The van der Waals surface area contributed by atoms with E-state index in [4.69, 9.17) is 4.74 Å². The number of aryl methyl sites for hydroxylation is 1. The second-order valence-corrected chi connectivity index (χ2v) is 9.00. The summed E-state index contributed by atoms with van der Waals surface area (Å²) in [6.07, 6.45) is -1.02. The molecule has 1 N–H and O–H groups in total. The van der Waals surface area contributed by atoms with Gasteiger partial charge in [0.15, 0.2) is 0 Å². The standard InChI is InChI=1S/C28H29F3N4O3/c1-3-38-24-15-22(16-32-17-24)25-9-6-21(14-19(25)2)27(37)35-12-10-34(11-13-35)23-7-4-20(5-8-23)26(36)33-18-28(29,30)31/h4-9,14-17H,3,10-13,18H2,1-2H3,(H,33,36). The van der Waals surface area contributed by atoms with Crippen LogP contribution in [0.5, 0.6) is 5.75 Å². The van der Waals surface area contributed by atoms with Crippen LogP contribution in [0.3, 0.4) is 0 Å². The van der Waals surface area contributed by atoms with Gasteiger partial charge in [0.25, 0.3) is 11.8 Å². The van der Waals surface area contributed by atoms with Crippen LogP contribution in [-0.4, -0.2) is 67.2 Å². The summed E-state index contributed by atoms with van der Waals surface area (Å²) in [5.41, 5.74) is 4.48. The minimum absolute atomic E-state index is 0.0443. The van der Waals surface area contributed by atoms with Crippen LogP contribution in [-0.2, 0) is 0 Å². The molecule has 0 saturated carbocycles. The molecule has 2 amide bonds. The minimum Gasteiger partial charge on any atom is -0.492 e. The Kier molecular flexibility index (Phi) is 8.19. The molecule has 1 aromatic heterocycles. The van der Waals surface area contributed by atoms with Crippen molar-refractivity contribution in [2.75, 3.05) is 44.2 Å². The summed E-state index contributed by atoms with van der Waals surface area (Å²) in [6.45, 7) is 5.30. The summed E-state index contributed by atoms with van der Waals surface area (Å²) in [6, 6.07) is 14.0. The topological polar surface area (TPSA) is 74.8 Å². The minimum atomic E-state index is -4.46. The van der Waals surface area contributed by atoms with E-state index in [-0.39, 0.29) is 11.5 Å². The van der Waals surface area contributed by atoms with Gasteiger partial charge in [-0.15, -0.1) is 0 Å². The number of nitrogens with one attached hydrogen (secondary N) is 1. The predicted octanol–water partition coefficient (Wildman–Crippen LogP) is 4.71. The third-order valence-electron chi connectivity index (χ3n) is 6.32. The van der Waals surface area contributed by atoms with Crippen molar-refractivity contribution in [2.24, 2.45) is 0 Å². The number of pyridine rings is 1. The van der Waals surface area contributed by atoms with Crippen molar-refractivity contribution < 1.29 is 27.5 Å². The lowest BCUT2D eigenvalue weighted by Crippen LogP contribution is -2.48. The lowest BCUT2D eigenvalue weighted by atomic mass is 9.99. The van der Waals surface area contributed by atoms with Gasteiger partial charge in [0, 0.05) is 54.8 Å². The number of aromatic nitrogens is 1. The van der Waals surface area contributed by atoms with E-state index in [1.54, 1.807) is 29.4 Å². The number of hydrogen-bond acceptors (Lipinski definition) is 5. The molecule has 0 radical (unpaired) electrons. The molecule has 1 fully saturated rings. The zero-order valence-electron chi connectivity index (χ0n) is 21.2. The van der Waals surface area contributed by atoms with Gasteiger partial charge >= 0.3 is 6.18 Å². The number of hydrogen-bond donors (Lipinski definition) is 1. The molecule has 0 bridgehead atoms. The van der Waals surface area contributed by atoms with E-state index >= 15 is 0 Å². The Morgan fingerprint density at radius 2 is 1.66 bits per heavy atom. The number of carbonyl (C=O) groups excluding carboxylic acids is 2. The number of ether oxygens (including phenoxy) is 1. The number of benzene rings is 2. The van der Waals surface area contributed by atoms with Gasteiger partial charge in [-0.05, 0) is 67.4 Å². The molecule has 7 nitrogen and oxygen atoms in total. The average molecular weight is 527 g/mol. The Hall–Kier alpha value is -4.08. The van der Waals surface area contributed by atoms with Crippen molar-refractivity contribution in [3.63, 3.8) is 0 Å². The third-order valence-corrected chi connectivity index (χ3v) is 6.32. The van der Waals surface area contributed by atoms with Crippen molar-refractivity contribution in [1.82, 2.24) is 15.2 Å². The molecule has 38 heavy (non-hydrogen) atoms. The smallest absolute Gasteiger partial charge is 0.405 e. The molecule has 200 valence electrons. The van der Waals surface area contributed by atoms with Gasteiger partial charge in [-0.2, -0.15) is 13.2 Å². The third kappa shape index (κ3) is 6.62. The quantitative estimate of drug-likeness (QED) is 0.483. The monoisotopic (exact) mass is 526 g/mol. The molecule has 1 aliphatic heterocycles. The van der Waals surface area contributed by atoms with E-state index < -0.39 is 18.6 Å². The fourth-order valence-electron chi connectivity index (χ4n) is 4.39. The van der Waals surface area contributed by atoms with Crippen LogP contribution in [0.1, 0.15) is 33.2 Å². The summed E-state index contributed by atoms with van der Waals surface area (Å²) >= 11 is 0. The zero-order chi connectivity index (χ0) is 27.3. The molecule has 1 aliphatic rings. The molecule has 1 saturated heterocycles. The summed E-state index contributed by atoms with van der Waals surface area (Å²) in [5, 5.41) is 1.87. The van der Waals surface area contributed by atoms with Crippen molar-refractivity contribution in [1.29, 1.82) is 0 Å². The number of alkyl halides is 3. The van der Waals surface area contributed by atoms with Crippen LogP contribution in [0, 0.1) is 6.92 Å². The average Bonchev–Trinajstić information content (AvgIpc) is 2.91. The molecule has 0 spiro atoms. The maximum Gasteiger partial charge on any atom is 0.405 e. The SMILES string of the molecule is CCOc1cncc(-c2ccc(C(=O)N3CCN(c4ccc(C(=O)NCC(F)(F)F)cc4)CC3)cc2C)c1. The van der Waals surface area contributed by atoms with Gasteiger partial charge in [0.05, 0.1) is 12.8 Å². The van der Waals surface area contributed by atoms with Crippen LogP contribution in [0.2, 0.25) is 0 Å². The Balaban J connectivity index is 1.35. The van der Waals surface area contributed by atoms with Gasteiger partial charge in [-0.3, -0.25) is 14.6 Å². The summed E-state index contributed by atoms with van der Waals surface area (Å²) in [4.78, 5) is 33.2. The van der Waals surface area contributed by atoms with Crippen LogP contribution >= 0.6 is 0 Å². The number of nitrogens with zero attached hydrogens (tertiary/aromatic N) is 3. The first-order chi connectivity index (χ1) is 18.1. The molecule has 0 aliphatic carbocycles. The highest BCUT2D eigenvalue weighted by molar-refractivity contribution is 5.95. The maximum atomic E-state index is 13.2. The summed E-state index contributed by atoms with van der Waals surface area (Å²) in [5.74, 6) is -0.122. The largest absolute Gasteiger partial charge is 0.492 e. The summed E-state index contributed by atoms with van der Waals surface area (Å²) < 4.78 is 42.5. The first-order valence-corrected chi connectivity index (χ1v) is 12.3. The highest BCUT2D eigenvalue weighted by Gasteiger charge is 2.28. The first kappa shape index (κ1) is 27.0. The zero-order valence-corrected chi connectivity index (χ0v) is 21.2. The van der Waals surface area contributed by atoms with Gasteiger partial charge in [0.2, 0.25) is 0 Å². The van der Waals surface area contributed by atoms with Crippen molar-refractivity contribution in [3.05, 3.63) is 77.6 Å². The lowest BCUT2D eigenvalue weighted by molar-refractivity contribution is -0.123. The Labute approximate surface area is 219 Å². The molecule has 10 heteroatoms. The molecular formula is C28H29F3N4O3. The van der Waals surface area contributed by atoms with E-state index in [1.165, 1.54) is 12.1 Å². The molecular weight excluding hydrogens is 497 g/mol. The molecule has 2 heterocycles. The van der Waals surface area contributed by atoms with Gasteiger partial charge in [-0.25, -0.2) is 0 Å². The van der Waals surface area contributed by atoms with E-state index in [1.807, 2.05) is 43.4 Å². The van der Waals surface area contributed by atoms with Crippen LogP contribution in [0.25, 0.3) is 11.1 Å². The fourth-order valence-corrected chi connectivity index (χ4v) is 4.39. The number of piperazine rings is 1. The van der Waals surface area contributed by atoms with Gasteiger partial charge in [0.1, 0.15) is 12.3 Å². The second-order valence-electron chi connectivity index (χ2n) is 9.00. The van der Waals surface area contributed by atoms with Crippen molar-refractivity contribution in [2.45, 2.75) is 20.0 Å². The van der Waals surface area contributed by atoms with E-state index in [0.29, 0.717) is 44.1 Å². The van der Waals surface area contributed by atoms with E-state index in [2.05, 4.69) is 9.88 Å². The van der Waals surface area contributed by atoms with Crippen LogP contribution in [0.4, 0.5) is 18.9 Å². The van der Waals surface area contributed by atoms with Gasteiger partial charge < -0.3 is 19.9 Å². The molecule has 4 rings (SSSR count). The first-order valence-electron chi connectivity index (χ1n) is 12.3. The van der Waals surface area contributed by atoms with Crippen LogP contribution < -0.4 is 15.0 Å². The Morgan fingerprint density at radius 3 is 2.29 bits per heavy atom. The number of carbonyl (C=O) groups is 2. The van der Waals surface area contributed by atoms with E-state index in [9.17, 15) is 22.8 Å². The number of rotatable bonds is 7. The van der Waals surface area contributed by atoms with Crippen LogP contribution in [0.15, 0.2) is 60.9 Å². The van der Waals surface area contributed by atoms with E-state index in [0.717, 1.165) is 22.4 Å². The van der Waals surface area contributed by atoms with Crippen molar-refractivity contribution in [3.8, 4) is 16.9 Å². The molecule has 0 unspecified atom stereocenters. The second kappa shape index (κ2) is 11.5. The highest BCUT2D eigenvalue weighted by Crippen LogP contribution is 2.27. The molecule has 3 aromatic rings. The molecule has 0 atom stereocenters. The Bertz CT molecular complexity index is 1290. The lowest BCUT2D eigenvalue weighted by Gasteiger charge is -2.36. The molecule has 2 aromatic carbocycles. The normalized spacial score (nSPS) is 13.8. The number of anilines is 1. The van der Waals surface area contributed by atoms with Crippen molar-refractivity contribution >= 4 is 17.5 Å². The van der Waals surface area contributed by atoms with Gasteiger partial charge in [-0.1, -0.05) is 6.07 Å². The number of halogens is 3. The fraction of sp³-hybridized carbons (Fsp3) is 0.321.